The first-order valence-electron chi connectivity index (χ1n) is 10.7. The molecule has 0 atom stereocenters. The number of benzene rings is 2. The minimum absolute atomic E-state index is 0.385. The van der Waals surface area contributed by atoms with E-state index in [0.717, 1.165) is 28.4 Å². The van der Waals surface area contributed by atoms with Crippen LogP contribution in [0, 0.1) is 0 Å². The van der Waals surface area contributed by atoms with E-state index in [1.54, 1.807) is 7.11 Å². The Bertz CT molecular complexity index is 1060. The zero-order chi connectivity index (χ0) is 23.4. The second-order valence-electron chi connectivity index (χ2n) is 9.52. The molecule has 8 heteroatoms. The van der Waals surface area contributed by atoms with E-state index in [1.807, 2.05) is 48.7 Å². The summed E-state index contributed by atoms with van der Waals surface area (Å²) in [4.78, 5) is 9.07. The van der Waals surface area contributed by atoms with E-state index >= 15 is 0 Å². The van der Waals surface area contributed by atoms with Gasteiger partial charge >= 0.3 is 6.01 Å². The summed E-state index contributed by atoms with van der Waals surface area (Å²) in [5, 5.41) is 0. The van der Waals surface area contributed by atoms with Crippen molar-refractivity contribution < 1.29 is 18.3 Å². The molecule has 0 unspecified atom stereocenters. The van der Waals surface area contributed by atoms with Gasteiger partial charge in [0.1, 0.15) is 17.2 Å². The summed E-state index contributed by atoms with van der Waals surface area (Å²) in [7, 11) is -2.05. The van der Waals surface area contributed by atoms with Gasteiger partial charge in [-0.3, -0.25) is 0 Å². The lowest BCUT2D eigenvalue weighted by Crippen LogP contribution is -2.32. The third-order valence-electron chi connectivity index (χ3n) is 4.17. The van der Waals surface area contributed by atoms with E-state index in [1.165, 1.54) is 0 Å². The molecule has 3 aromatic rings. The molecule has 170 valence electrons. The van der Waals surface area contributed by atoms with E-state index < -0.39 is 16.6 Å². The van der Waals surface area contributed by atoms with Gasteiger partial charge in [0.15, 0.2) is 0 Å². The summed E-state index contributed by atoms with van der Waals surface area (Å²) in [5.74, 6) is 2.83. The van der Waals surface area contributed by atoms with Crippen LogP contribution in [0.4, 0.5) is 0 Å². The molecule has 0 spiro atoms. The van der Waals surface area contributed by atoms with Gasteiger partial charge < -0.3 is 18.3 Å². The third kappa shape index (κ3) is 7.38. The average molecular weight is 469 g/mol. The monoisotopic (exact) mass is 468 g/mol. The van der Waals surface area contributed by atoms with Crippen molar-refractivity contribution in [3.8, 4) is 29.1 Å². The van der Waals surface area contributed by atoms with Gasteiger partial charge in [-0.15, -0.1) is 0 Å². The van der Waals surface area contributed by atoms with Crippen LogP contribution in [0.3, 0.4) is 0 Å². The molecular formula is C24H32N2O4Si2. The van der Waals surface area contributed by atoms with Crippen LogP contribution in [0.25, 0.3) is 0 Å². The van der Waals surface area contributed by atoms with Crippen LogP contribution in [-0.2, 0) is 6.42 Å². The second-order valence-corrected chi connectivity index (χ2v) is 18.4. The van der Waals surface area contributed by atoms with Crippen LogP contribution in [0.2, 0.25) is 39.3 Å². The first kappa shape index (κ1) is 23.8. The molecule has 0 fully saturated rings. The standard InChI is InChI=1S/C24H32N2O4Si2/c1-27-20-11-9-13-22(16-20)28-21-12-8-10-18(15-21)14-19-17-25-24(30-32(5,6)7)26-23(19)29-31(2,3)4/h8-13,15-17H,14H2,1-7H3. The summed E-state index contributed by atoms with van der Waals surface area (Å²) in [6, 6.07) is 15.9. The van der Waals surface area contributed by atoms with Crippen molar-refractivity contribution in [2.45, 2.75) is 45.7 Å². The third-order valence-corrected chi connectivity index (χ3v) is 5.77. The first-order chi connectivity index (χ1) is 15.0. The fourth-order valence-corrected chi connectivity index (χ4v) is 4.34. The number of aromatic nitrogens is 2. The fraction of sp³-hybridized carbons (Fsp3) is 0.333. The average Bonchev–Trinajstić information content (AvgIpc) is 2.68. The van der Waals surface area contributed by atoms with Crippen molar-refractivity contribution in [1.29, 1.82) is 0 Å². The minimum Gasteiger partial charge on any atom is -0.531 e. The Hall–Kier alpha value is -2.85. The summed E-state index contributed by atoms with van der Waals surface area (Å²) in [5.41, 5.74) is 2.00. The van der Waals surface area contributed by atoms with Crippen LogP contribution in [0.5, 0.6) is 29.1 Å². The maximum Gasteiger partial charge on any atom is 0.305 e. The number of hydrogen-bond donors (Lipinski definition) is 0. The quantitative estimate of drug-likeness (QED) is 0.344. The summed E-state index contributed by atoms with van der Waals surface area (Å²) in [6.45, 7) is 12.7. The van der Waals surface area contributed by atoms with E-state index in [2.05, 4.69) is 55.3 Å². The molecule has 1 heterocycles. The van der Waals surface area contributed by atoms with Crippen molar-refractivity contribution in [2.24, 2.45) is 0 Å². The normalized spacial score (nSPS) is 11.7. The molecule has 0 aliphatic carbocycles. The number of hydrogen-bond acceptors (Lipinski definition) is 6. The Kier molecular flexibility index (Phi) is 7.25. The minimum atomic E-state index is -1.87. The molecule has 0 saturated carbocycles. The number of ether oxygens (including phenoxy) is 2. The summed E-state index contributed by atoms with van der Waals surface area (Å²) >= 11 is 0. The van der Waals surface area contributed by atoms with Crippen LogP contribution in [0.15, 0.2) is 54.7 Å². The highest BCUT2D eigenvalue weighted by molar-refractivity contribution is 6.70. The molecular weight excluding hydrogens is 436 g/mol. The highest BCUT2D eigenvalue weighted by Crippen LogP contribution is 2.28. The number of methoxy groups -OCH3 is 1. The number of nitrogens with zero attached hydrogens (tertiary/aromatic N) is 2. The van der Waals surface area contributed by atoms with Gasteiger partial charge in [-0.05, 0) is 69.1 Å². The Balaban J connectivity index is 1.84. The maximum atomic E-state index is 6.29. The molecule has 0 bridgehead atoms. The lowest BCUT2D eigenvalue weighted by Gasteiger charge is -2.22. The smallest absolute Gasteiger partial charge is 0.305 e. The Morgan fingerprint density at radius 3 is 2.06 bits per heavy atom. The molecule has 0 aliphatic rings. The van der Waals surface area contributed by atoms with Crippen molar-refractivity contribution in [3.63, 3.8) is 0 Å². The molecule has 0 saturated heterocycles. The van der Waals surface area contributed by atoms with Crippen molar-refractivity contribution in [2.75, 3.05) is 7.11 Å². The second kappa shape index (κ2) is 9.75. The molecule has 6 nitrogen and oxygen atoms in total. The molecule has 3 rings (SSSR count). The van der Waals surface area contributed by atoms with Crippen molar-refractivity contribution in [3.05, 3.63) is 65.9 Å². The molecule has 2 aromatic carbocycles. The zero-order valence-electron chi connectivity index (χ0n) is 19.9. The molecule has 1 aromatic heterocycles. The van der Waals surface area contributed by atoms with Gasteiger partial charge in [-0.2, -0.15) is 4.98 Å². The highest BCUT2D eigenvalue weighted by Gasteiger charge is 2.23. The van der Waals surface area contributed by atoms with Gasteiger partial charge in [-0.25, -0.2) is 4.98 Å². The van der Waals surface area contributed by atoms with E-state index in [9.17, 15) is 0 Å². The van der Waals surface area contributed by atoms with Crippen LogP contribution < -0.4 is 18.3 Å². The van der Waals surface area contributed by atoms with Crippen LogP contribution in [0.1, 0.15) is 11.1 Å². The number of rotatable bonds is 9. The zero-order valence-corrected chi connectivity index (χ0v) is 21.9. The topological polar surface area (TPSA) is 62.7 Å². The van der Waals surface area contributed by atoms with Crippen molar-refractivity contribution in [1.82, 2.24) is 9.97 Å². The molecule has 0 aliphatic heterocycles. The van der Waals surface area contributed by atoms with Gasteiger partial charge in [-0.1, -0.05) is 18.2 Å². The Morgan fingerprint density at radius 2 is 1.41 bits per heavy atom. The molecule has 0 amide bonds. The van der Waals surface area contributed by atoms with Gasteiger partial charge in [0.2, 0.25) is 22.5 Å². The van der Waals surface area contributed by atoms with E-state index in [0.29, 0.717) is 18.3 Å². The first-order valence-corrected chi connectivity index (χ1v) is 17.5. The van der Waals surface area contributed by atoms with E-state index in [-0.39, 0.29) is 0 Å². The van der Waals surface area contributed by atoms with Crippen molar-refractivity contribution >= 4 is 16.6 Å². The largest absolute Gasteiger partial charge is 0.531 e. The SMILES string of the molecule is COc1cccc(Oc2cccc(Cc3cnc(O[Si](C)(C)C)nc3O[Si](C)(C)C)c2)c1. The lowest BCUT2D eigenvalue weighted by atomic mass is 10.1. The fourth-order valence-electron chi connectivity index (χ4n) is 2.94. The Labute approximate surface area is 192 Å². The predicted octanol–water partition coefficient (Wildman–Crippen LogP) is 6.30. The van der Waals surface area contributed by atoms with Gasteiger partial charge in [0.05, 0.1) is 7.11 Å². The predicted molar refractivity (Wildman–Crippen MR) is 132 cm³/mol. The summed E-state index contributed by atoms with van der Waals surface area (Å²) in [6.07, 6.45) is 2.44. The highest BCUT2D eigenvalue weighted by atomic mass is 28.4. The summed E-state index contributed by atoms with van der Waals surface area (Å²) < 4.78 is 23.6. The van der Waals surface area contributed by atoms with Crippen LogP contribution >= 0.6 is 0 Å². The Morgan fingerprint density at radius 1 is 0.781 bits per heavy atom. The maximum absolute atomic E-state index is 6.29. The molecule has 32 heavy (non-hydrogen) atoms. The van der Waals surface area contributed by atoms with Crippen LogP contribution in [-0.4, -0.2) is 33.7 Å². The molecule has 0 radical (unpaired) electrons. The van der Waals surface area contributed by atoms with E-state index in [4.69, 9.17) is 18.3 Å². The van der Waals surface area contributed by atoms with Gasteiger partial charge in [0, 0.05) is 24.2 Å². The lowest BCUT2D eigenvalue weighted by molar-refractivity contribution is 0.409. The molecule has 0 N–H and O–H groups in total. The van der Waals surface area contributed by atoms with Gasteiger partial charge in [0.25, 0.3) is 0 Å².